The predicted octanol–water partition coefficient (Wildman–Crippen LogP) is 1.45. The van der Waals surface area contributed by atoms with Crippen molar-refractivity contribution in [2.75, 3.05) is 11.9 Å². The number of para-hydroxylation sites is 2. The number of hydrogen-bond donors (Lipinski definition) is 2. The van der Waals surface area contributed by atoms with Crippen LogP contribution in [0.25, 0.3) is 11.0 Å². The van der Waals surface area contributed by atoms with Gasteiger partial charge in [-0.05, 0) is 18.6 Å². The second-order valence-electron chi connectivity index (χ2n) is 4.85. The second kappa shape index (κ2) is 4.96. The van der Waals surface area contributed by atoms with Crippen molar-refractivity contribution in [3.63, 3.8) is 0 Å². The maximum Gasteiger partial charge on any atom is 0.243 e. The van der Waals surface area contributed by atoms with E-state index in [-0.39, 0.29) is 18.2 Å². The van der Waals surface area contributed by atoms with Gasteiger partial charge in [0.1, 0.15) is 6.04 Å². The van der Waals surface area contributed by atoms with E-state index in [1.807, 2.05) is 35.8 Å². The average Bonchev–Trinajstić information content (AvgIpc) is 2.81. The molecule has 104 valence electrons. The van der Waals surface area contributed by atoms with E-state index in [1.165, 1.54) is 0 Å². The minimum atomic E-state index is -0.530. The van der Waals surface area contributed by atoms with E-state index in [2.05, 4.69) is 15.6 Å². The van der Waals surface area contributed by atoms with Gasteiger partial charge in [-0.15, -0.1) is 0 Å². The summed E-state index contributed by atoms with van der Waals surface area (Å²) < 4.78 is 1.81. The summed E-state index contributed by atoms with van der Waals surface area (Å²) in [5, 5.41) is 5.57. The zero-order chi connectivity index (χ0) is 14.1. The zero-order valence-corrected chi connectivity index (χ0v) is 11.2. The molecule has 0 saturated heterocycles. The Morgan fingerprint density at radius 3 is 3.10 bits per heavy atom. The molecule has 2 amide bonds. The van der Waals surface area contributed by atoms with Crippen LogP contribution in [0.4, 0.5) is 5.95 Å². The van der Waals surface area contributed by atoms with Crippen LogP contribution in [0.15, 0.2) is 24.3 Å². The fourth-order valence-electron chi connectivity index (χ4n) is 2.47. The van der Waals surface area contributed by atoms with Crippen molar-refractivity contribution in [3.8, 4) is 0 Å². The molecule has 6 nitrogen and oxygen atoms in total. The third-order valence-corrected chi connectivity index (χ3v) is 3.39. The van der Waals surface area contributed by atoms with Gasteiger partial charge in [0, 0.05) is 6.54 Å². The Balaban J connectivity index is 2.05. The minimum Gasteiger partial charge on any atom is -0.354 e. The van der Waals surface area contributed by atoms with Crippen molar-refractivity contribution in [1.82, 2.24) is 14.9 Å². The lowest BCUT2D eigenvalue weighted by Gasteiger charge is -2.24. The SMILES string of the molecule is CCCNC(=O)C1CC(=O)Nc2nc3ccccc3n21. The zero-order valence-electron chi connectivity index (χ0n) is 11.2. The van der Waals surface area contributed by atoms with Gasteiger partial charge in [0.15, 0.2) is 0 Å². The standard InChI is InChI=1S/C14H16N4O2/c1-2-7-15-13(20)11-8-12(19)17-14-16-9-5-3-4-6-10(9)18(11)14/h3-6,11H,2,7-8H2,1H3,(H,15,20)(H,16,17,19). The highest BCUT2D eigenvalue weighted by atomic mass is 16.2. The quantitative estimate of drug-likeness (QED) is 0.887. The molecule has 3 rings (SSSR count). The number of carbonyl (C=O) groups is 2. The fraction of sp³-hybridized carbons (Fsp3) is 0.357. The molecule has 1 aromatic heterocycles. The van der Waals surface area contributed by atoms with Crippen LogP contribution in [-0.2, 0) is 9.59 Å². The van der Waals surface area contributed by atoms with Crippen LogP contribution in [0.5, 0.6) is 0 Å². The molecule has 0 spiro atoms. The lowest BCUT2D eigenvalue weighted by Crippen LogP contribution is -2.38. The van der Waals surface area contributed by atoms with E-state index in [0.717, 1.165) is 17.5 Å². The van der Waals surface area contributed by atoms with Gasteiger partial charge >= 0.3 is 0 Å². The predicted molar refractivity (Wildman–Crippen MR) is 75.3 cm³/mol. The molecular formula is C14H16N4O2. The number of fused-ring (bicyclic) bond motifs is 3. The molecule has 1 aliphatic rings. The number of hydrogen-bond acceptors (Lipinski definition) is 3. The summed E-state index contributed by atoms with van der Waals surface area (Å²) in [4.78, 5) is 28.4. The van der Waals surface area contributed by atoms with Crippen molar-refractivity contribution >= 4 is 28.8 Å². The molecule has 0 fully saturated rings. The van der Waals surface area contributed by atoms with Crippen LogP contribution in [-0.4, -0.2) is 27.9 Å². The van der Waals surface area contributed by atoms with Crippen LogP contribution >= 0.6 is 0 Å². The van der Waals surface area contributed by atoms with E-state index in [9.17, 15) is 9.59 Å². The first-order valence-corrected chi connectivity index (χ1v) is 6.75. The molecule has 1 aromatic carbocycles. The van der Waals surface area contributed by atoms with Gasteiger partial charge in [0.2, 0.25) is 17.8 Å². The molecule has 0 radical (unpaired) electrons. The van der Waals surface area contributed by atoms with Gasteiger partial charge in [-0.1, -0.05) is 19.1 Å². The first-order chi connectivity index (χ1) is 9.70. The number of rotatable bonds is 3. The van der Waals surface area contributed by atoms with E-state index >= 15 is 0 Å². The number of imidazole rings is 1. The van der Waals surface area contributed by atoms with Gasteiger partial charge in [-0.2, -0.15) is 0 Å². The Labute approximate surface area is 116 Å². The van der Waals surface area contributed by atoms with Gasteiger partial charge in [0.05, 0.1) is 17.5 Å². The van der Waals surface area contributed by atoms with Gasteiger partial charge < -0.3 is 5.32 Å². The summed E-state index contributed by atoms with van der Waals surface area (Å²) in [7, 11) is 0. The number of nitrogens with one attached hydrogen (secondary N) is 2. The van der Waals surface area contributed by atoms with Crippen LogP contribution < -0.4 is 10.6 Å². The highest BCUT2D eigenvalue weighted by Crippen LogP contribution is 2.30. The molecule has 1 aliphatic heterocycles. The normalized spacial score (nSPS) is 17.6. The van der Waals surface area contributed by atoms with Crippen LogP contribution in [0.2, 0.25) is 0 Å². The van der Waals surface area contributed by atoms with Crippen molar-refractivity contribution in [2.45, 2.75) is 25.8 Å². The number of anilines is 1. The summed E-state index contributed by atoms with van der Waals surface area (Å²) in [5.74, 6) is 0.134. The molecule has 1 unspecified atom stereocenters. The molecule has 0 saturated carbocycles. The van der Waals surface area contributed by atoms with E-state index in [4.69, 9.17) is 0 Å². The Kier molecular flexibility index (Phi) is 3.14. The van der Waals surface area contributed by atoms with Crippen molar-refractivity contribution in [1.29, 1.82) is 0 Å². The lowest BCUT2D eigenvalue weighted by molar-refractivity contribution is -0.128. The summed E-state index contributed by atoms with van der Waals surface area (Å²) in [6.07, 6.45) is 1.01. The van der Waals surface area contributed by atoms with Crippen molar-refractivity contribution in [3.05, 3.63) is 24.3 Å². The fourth-order valence-corrected chi connectivity index (χ4v) is 2.47. The molecule has 0 aliphatic carbocycles. The number of nitrogens with zero attached hydrogens (tertiary/aromatic N) is 2. The van der Waals surface area contributed by atoms with Crippen LogP contribution in [0.1, 0.15) is 25.8 Å². The number of carbonyl (C=O) groups excluding carboxylic acids is 2. The summed E-state index contributed by atoms with van der Waals surface area (Å²) in [6.45, 7) is 2.60. The van der Waals surface area contributed by atoms with Crippen LogP contribution in [0.3, 0.4) is 0 Å². The molecule has 1 atom stereocenters. The van der Waals surface area contributed by atoms with E-state index in [0.29, 0.717) is 12.5 Å². The van der Waals surface area contributed by atoms with E-state index < -0.39 is 6.04 Å². The first kappa shape index (κ1) is 12.7. The largest absolute Gasteiger partial charge is 0.354 e. The first-order valence-electron chi connectivity index (χ1n) is 6.75. The van der Waals surface area contributed by atoms with Crippen molar-refractivity contribution < 1.29 is 9.59 Å². The van der Waals surface area contributed by atoms with Gasteiger partial charge in [0.25, 0.3) is 0 Å². The third kappa shape index (κ3) is 2.03. The maximum absolute atomic E-state index is 12.3. The second-order valence-corrected chi connectivity index (χ2v) is 4.85. The van der Waals surface area contributed by atoms with E-state index in [1.54, 1.807) is 0 Å². The van der Waals surface area contributed by atoms with Crippen LogP contribution in [0, 0.1) is 0 Å². The highest BCUT2D eigenvalue weighted by molar-refractivity contribution is 5.99. The lowest BCUT2D eigenvalue weighted by atomic mass is 10.1. The average molecular weight is 272 g/mol. The third-order valence-electron chi connectivity index (χ3n) is 3.39. The monoisotopic (exact) mass is 272 g/mol. The molecule has 20 heavy (non-hydrogen) atoms. The summed E-state index contributed by atoms with van der Waals surface area (Å²) in [6, 6.07) is 7.03. The highest BCUT2D eigenvalue weighted by Gasteiger charge is 2.32. The molecule has 2 heterocycles. The Hall–Kier alpha value is -2.37. The Bertz CT molecular complexity index is 677. The summed E-state index contributed by atoms with van der Waals surface area (Å²) >= 11 is 0. The minimum absolute atomic E-state index is 0.133. The topological polar surface area (TPSA) is 76.0 Å². The molecule has 2 N–H and O–H groups in total. The summed E-state index contributed by atoms with van der Waals surface area (Å²) in [5.41, 5.74) is 1.64. The maximum atomic E-state index is 12.3. The smallest absolute Gasteiger partial charge is 0.243 e. The molecule has 6 heteroatoms. The number of aromatic nitrogens is 2. The Morgan fingerprint density at radius 2 is 2.30 bits per heavy atom. The van der Waals surface area contributed by atoms with Crippen molar-refractivity contribution in [2.24, 2.45) is 0 Å². The Morgan fingerprint density at radius 1 is 1.50 bits per heavy atom. The molecule has 2 aromatic rings. The molecule has 0 bridgehead atoms. The number of benzene rings is 1. The van der Waals surface area contributed by atoms with Gasteiger partial charge in [-0.3, -0.25) is 19.5 Å². The number of amides is 2. The van der Waals surface area contributed by atoms with Gasteiger partial charge in [-0.25, -0.2) is 4.98 Å². The molecular weight excluding hydrogens is 256 g/mol.